The summed E-state index contributed by atoms with van der Waals surface area (Å²) in [7, 11) is 1.52. The molecule has 20 heavy (non-hydrogen) atoms. The van der Waals surface area contributed by atoms with Gasteiger partial charge in [0.05, 0.1) is 0 Å². The minimum Gasteiger partial charge on any atom is -0.373 e. The van der Waals surface area contributed by atoms with Gasteiger partial charge in [-0.3, -0.25) is 0 Å². The van der Waals surface area contributed by atoms with Gasteiger partial charge < -0.3 is 5.32 Å². The van der Waals surface area contributed by atoms with E-state index < -0.39 is 12.0 Å². The molecule has 0 spiro atoms. The molecule has 0 atom stereocenters. The number of nitrogens with zero attached hydrogens (tertiary/aromatic N) is 2. The first-order valence-corrected chi connectivity index (χ1v) is 6.59. The molecule has 106 valence electrons. The molecular weight excluding hydrogens is 287 g/mol. The monoisotopic (exact) mass is 299 g/mol. The van der Waals surface area contributed by atoms with Crippen LogP contribution in [-0.2, 0) is 6.18 Å². The Morgan fingerprint density at radius 2 is 1.85 bits per heavy atom. The molecule has 1 aromatic carbocycles. The maximum atomic E-state index is 12.7. The Hall–Kier alpha value is -1.76. The van der Waals surface area contributed by atoms with E-state index in [1.54, 1.807) is 0 Å². The smallest absolute Gasteiger partial charge is 0.373 e. The number of halogens is 3. The summed E-state index contributed by atoms with van der Waals surface area (Å²) in [6.07, 6.45) is -4.56. The third-order valence-electron chi connectivity index (χ3n) is 2.52. The molecule has 0 saturated carbocycles. The summed E-state index contributed by atoms with van der Waals surface area (Å²) in [6, 6.07) is 8.94. The van der Waals surface area contributed by atoms with E-state index >= 15 is 0 Å². The standard InChI is InChI=1S/C13H12F3N3S/c1-8-5-3-4-6-9(8)20-11-7-10(17-2)18-12(19-11)13(14,15)16/h3-7H,1-2H3,(H,17,18,19). The van der Waals surface area contributed by atoms with E-state index in [0.29, 0.717) is 0 Å². The van der Waals surface area contributed by atoms with E-state index in [9.17, 15) is 13.2 Å². The Morgan fingerprint density at radius 1 is 1.15 bits per heavy atom. The normalized spacial score (nSPS) is 11.4. The SMILES string of the molecule is CNc1cc(Sc2ccccc2C)nc(C(F)(F)F)n1. The van der Waals surface area contributed by atoms with Crippen LogP contribution in [0.2, 0.25) is 0 Å². The molecule has 0 aliphatic carbocycles. The average molecular weight is 299 g/mol. The topological polar surface area (TPSA) is 37.8 Å². The van der Waals surface area contributed by atoms with Crippen LogP contribution in [0.3, 0.4) is 0 Å². The van der Waals surface area contributed by atoms with E-state index in [1.807, 2.05) is 31.2 Å². The molecule has 2 rings (SSSR count). The maximum Gasteiger partial charge on any atom is 0.451 e. The second-order valence-corrected chi connectivity index (χ2v) is 5.09. The van der Waals surface area contributed by atoms with Gasteiger partial charge in [0.15, 0.2) is 0 Å². The first-order chi connectivity index (χ1) is 9.40. The fourth-order valence-electron chi connectivity index (χ4n) is 1.52. The highest BCUT2D eigenvalue weighted by Gasteiger charge is 2.35. The van der Waals surface area contributed by atoms with E-state index in [2.05, 4.69) is 15.3 Å². The van der Waals surface area contributed by atoms with E-state index in [1.165, 1.54) is 24.9 Å². The van der Waals surface area contributed by atoms with Crippen molar-refractivity contribution in [2.75, 3.05) is 12.4 Å². The lowest BCUT2D eigenvalue weighted by Gasteiger charge is -2.10. The Morgan fingerprint density at radius 3 is 2.45 bits per heavy atom. The third kappa shape index (κ3) is 3.41. The second-order valence-electron chi connectivity index (χ2n) is 4.03. The first-order valence-electron chi connectivity index (χ1n) is 5.77. The minimum absolute atomic E-state index is 0.142. The molecule has 0 amide bonds. The van der Waals surface area contributed by atoms with Crippen LogP contribution in [0.5, 0.6) is 0 Å². The molecule has 0 bridgehead atoms. The highest BCUT2D eigenvalue weighted by atomic mass is 32.2. The van der Waals surface area contributed by atoms with Crippen molar-refractivity contribution in [2.45, 2.75) is 23.0 Å². The zero-order chi connectivity index (χ0) is 14.8. The van der Waals surface area contributed by atoms with Gasteiger partial charge in [0.25, 0.3) is 0 Å². The quantitative estimate of drug-likeness (QED) is 0.869. The van der Waals surface area contributed by atoms with Crippen LogP contribution in [0.15, 0.2) is 40.3 Å². The largest absolute Gasteiger partial charge is 0.451 e. The van der Waals surface area contributed by atoms with Crippen molar-refractivity contribution in [3.8, 4) is 0 Å². The van der Waals surface area contributed by atoms with Crippen LogP contribution >= 0.6 is 11.8 Å². The molecule has 7 heteroatoms. The summed E-state index contributed by atoms with van der Waals surface area (Å²) in [5.41, 5.74) is 0.982. The maximum absolute atomic E-state index is 12.7. The van der Waals surface area contributed by atoms with Crippen molar-refractivity contribution >= 4 is 17.6 Å². The number of aryl methyl sites for hydroxylation is 1. The summed E-state index contributed by atoms with van der Waals surface area (Å²) >= 11 is 1.18. The van der Waals surface area contributed by atoms with Crippen molar-refractivity contribution in [1.82, 2.24) is 9.97 Å². The Balaban J connectivity index is 2.39. The Labute approximate surface area is 118 Å². The van der Waals surface area contributed by atoms with E-state index in [-0.39, 0.29) is 10.8 Å². The highest BCUT2D eigenvalue weighted by Crippen LogP contribution is 2.33. The number of rotatable bonds is 3. The summed E-state index contributed by atoms with van der Waals surface area (Å²) < 4.78 is 38.2. The van der Waals surface area contributed by atoms with Crippen LogP contribution < -0.4 is 5.32 Å². The van der Waals surface area contributed by atoms with Crippen LogP contribution in [0.25, 0.3) is 0 Å². The van der Waals surface area contributed by atoms with Gasteiger partial charge in [0.2, 0.25) is 5.82 Å². The summed E-state index contributed by atoms with van der Waals surface area (Å²) in [6.45, 7) is 1.90. The minimum atomic E-state index is -4.56. The van der Waals surface area contributed by atoms with Crippen molar-refractivity contribution < 1.29 is 13.2 Å². The molecule has 0 radical (unpaired) electrons. The predicted octanol–water partition coefficient (Wildman–Crippen LogP) is 4.00. The van der Waals surface area contributed by atoms with Crippen molar-refractivity contribution in [3.63, 3.8) is 0 Å². The summed E-state index contributed by atoms with van der Waals surface area (Å²) in [4.78, 5) is 7.86. The number of anilines is 1. The van der Waals surface area contributed by atoms with Gasteiger partial charge in [-0.05, 0) is 18.6 Å². The van der Waals surface area contributed by atoms with E-state index in [0.717, 1.165) is 10.5 Å². The molecule has 0 aliphatic heterocycles. The van der Waals surface area contributed by atoms with Crippen molar-refractivity contribution in [2.24, 2.45) is 0 Å². The lowest BCUT2D eigenvalue weighted by molar-refractivity contribution is -0.145. The number of aromatic nitrogens is 2. The predicted molar refractivity (Wildman–Crippen MR) is 71.9 cm³/mol. The summed E-state index contributed by atoms with van der Waals surface area (Å²) in [5.74, 6) is -0.996. The van der Waals surface area contributed by atoms with Crippen LogP contribution in [0, 0.1) is 6.92 Å². The van der Waals surface area contributed by atoms with Crippen molar-refractivity contribution in [1.29, 1.82) is 0 Å². The zero-order valence-corrected chi connectivity index (χ0v) is 11.6. The fourth-order valence-corrected chi connectivity index (χ4v) is 2.42. The van der Waals surface area contributed by atoms with Crippen molar-refractivity contribution in [3.05, 3.63) is 41.7 Å². The molecule has 0 saturated heterocycles. The Bertz CT molecular complexity index is 614. The van der Waals surface area contributed by atoms with Gasteiger partial charge in [-0.25, -0.2) is 9.97 Å². The van der Waals surface area contributed by atoms with Gasteiger partial charge in [0.1, 0.15) is 10.8 Å². The van der Waals surface area contributed by atoms with Crippen LogP contribution in [-0.4, -0.2) is 17.0 Å². The second kappa shape index (κ2) is 5.70. The number of hydrogen-bond donors (Lipinski definition) is 1. The molecule has 2 aromatic rings. The molecule has 3 nitrogen and oxygen atoms in total. The number of hydrogen-bond acceptors (Lipinski definition) is 4. The molecule has 1 N–H and O–H groups in total. The number of alkyl halides is 3. The average Bonchev–Trinajstić information content (AvgIpc) is 2.40. The number of benzene rings is 1. The molecule has 0 fully saturated rings. The molecule has 0 aliphatic rings. The van der Waals surface area contributed by atoms with Crippen LogP contribution in [0.4, 0.5) is 19.0 Å². The van der Waals surface area contributed by atoms with Gasteiger partial charge in [-0.15, -0.1) is 0 Å². The molecule has 1 heterocycles. The first kappa shape index (κ1) is 14.6. The molecule has 1 aromatic heterocycles. The third-order valence-corrected chi connectivity index (χ3v) is 3.62. The van der Waals surface area contributed by atoms with Crippen LogP contribution in [0.1, 0.15) is 11.4 Å². The van der Waals surface area contributed by atoms with E-state index in [4.69, 9.17) is 0 Å². The Kier molecular flexibility index (Phi) is 4.17. The lowest BCUT2D eigenvalue weighted by atomic mass is 10.2. The fraction of sp³-hybridized carbons (Fsp3) is 0.231. The zero-order valence-electron chi connectivity index (χ0n) is 10.8. The lowest BCUT2D eigenvalue weighted by Crippen LogP contribution is -2.12. The van der Waals surface area contributed by atoms with Gasteiger partial charge in [-0.2, -0.15) is 13.2 Å². The number of nitrogens with one attached hydrogen (secondary N) is 1. The summed E-state index contributed by atoms with van der Waals surface area (Å²) in [5, 5.41) is 2.87. The van der Waals surface area contributed by atoms with Gasteiger partial charge in [0, 0.05) is 18.0 Å². The van der Waals surface area contributed by atoms with Gasteiger partial charge in [-0.1, -0.05) is 30.0 Å². The molecular formula is C13H12F3N3S. The molecule has 0 unspecified atom stereocenters. The van der Waals surface area contributed by atoms with Gasteiger partial charge >= 0.3 is 6.18 Å². The highest BCUT2D eigenvalue weighted by molar-refractivity contribution is 7.99.